The summed E-state index contributed by atoms with van der Waals surface area (Å²) in [5.41, 5.74) is 13.5. The molecule has 34 heavy (non-hydrogen) atoms. The summed E-state index contributed by atoms with van der Waals surface area (Å²) in [6, 6.07) is 18.6. The minimum atomic E-state index is -0.0716. The maximum Gasteiger partial charge on any atom is 0.202 e. The predicted molar refractivity (Wildman–Crippen MR) is 133 cm³/mol. The standard InChI is InChI=1S/C27H28N6O/c28-25-21-9-5-4-8-19(21)16-27(25)11-13-33(14-12-27)22-17-29-24-23(31-32-26(24)30-22)20(10-15-34)18-6-2-1-3-7-18/h1-10,17,25,34H,11-16,28H2,(H,30,31,32)/b20-10+/t25-/m1/s1. The molecule has 1 aliphatic carbocycles. The molecule has 6 rings (SSSR count). The molecule has 1 fully saturated rings. The van der Waals surface area contributed by atoms with Crippen molar-refractivity contribution < 1.29 is 5.11 Å². The summed E-state index contributed by atoms with van der Waals surface area (Å²) in [4.78, 5) is 11.9. The summed E-state index contributed by atoms with van der Waals surface area (Å²) in [5, 5.41) is 17.1. The molecule has 0 bridgehead atoms. The second kappa shape index (κ2) is 8.34. The van der Waals surface area contributed by atoms with Crippen LogP contribution in [0, 0.1) is 5.41 Å². The van der Waals surface area contributed by atoms with Gasteiger partial charge in [0.2, 0.25) is 5.65 Å². The zero-order chi connectivity index (χ0) is 23.1. The van der Waals surface area contributed by atoms with Gasteiger partial charge in [0.25, 0.3) is 0 Å². The van der Waals surface area contributed by atoms with E-state index in [1.807, 2.05) is 36.5 Å². The molecule has 2 aliphatic rings. The van der Waals surface area contributed by atoms with Gasteiger partial charge in [-0.3, -0.25) is 5.10 Å². The Morgan fingerprint density at radius 2 is 1.88 bits per heavy atom. The fraction of sp³-hybridized carbons (Fsp3) is 0.296. The third kappa shape index (κ3) is 3.40. The highest BCUT2D eigenvalue weighted by atomic mass is 16.2. The Kier molecular flexibility index (Phi) is 5.16. The van der Waals surface area contributed by atoms with Crippen LogP contribution in [0.25, 0.3) is 16.7 Å². The topological polar surface area (TPSA) is 104 Å². The van der Waals surface area contributed by atoms with Crippen LogP contribution < -0.4 is 10.6 Å². The number of aromatic nitrogens is 4. The van der Waals surface area contributed by atoms with Crippen molar-refractivity contribution in [1.82, 2.24) is 20.2 Å². The van der Waals surface area contributed by atoms with Gasteiger partial charge in [0.05, 0.1) is 18.5 Å². The van der Waals surface area contributed by atoms with Crippen LogP contribution in [0.15, 0.2) is 66.9 Å². The molecule has 4 aromatic rings. The van der Waals surface area contributed by atoms with Crippen molar-refractivity contribution in [1.29, 1.82) is 0 Å². The second-order valence-corrected chi connectivity index (χ2v) is 9.37. The smallest absolute Gasteiger partial charge is 0.202 e. The van der Waals surface area contributed by atoms with Crippen LogP contribution in [0.5, 0.6) is 0 Å². The molecule has 1 aliphatic heterocycles. The van der Waals surface area contributed by atoms with Gasteiger partial charge in [0, 0.05) is 24.7 Å². The molecule has 2 aromatic heterocycles. The zero-order valence-electron chi connectivity index (χ0n) is 19.0. The number of hydrogen-bond acceptors (Lipinski definition) is 6. The summed E-state index contributed by atoms with van der Waals surface area (Å²) >= 11 is 0. The maximum absolute atomic E-state index is 9.58. The number of fused-ring (bicyclic) bond motifs is 2. The Hall–Kier alpha value is -3.55. The van der Waals surface area contributed by atoms with Gasteiger partial charge in [0.1, 0.15) is 11.3 Å². The van der Waals surface area contributed by atoms with Gasteiger partial charge in [-0.1, -0.05) is 54.6 Å². The van der Waals surface area contributed by atoms with E-state index in [0.717, 1.165) is 55.0 Å². The van der Waals surface area contributed by atoms with E-state index in [1.165, 1.54) is 11.1 Å². The third-order valence-electron chi connectivity index (χ3n) is 7.58. The van der Waals surface area contributed by atoms with Crippen molar-refractivity contribution in [2.45, 2.75) is 25.3 Å². The van der Waals surface area contributed by atoms with Gasteiger partial charge in [0.15, 0.2) is 0 Å². The molecule has 7 nitrogen and oxygen atoms in total. The van der Waals surface area contributed by atoms with Crippen molar-refractivity contribution in [3.05, 3.63) is 89.3 Å². The molecule has 0 amide bonds. The van der Waals surface area contributed by atoms with Crippen LogP contribution in [0.2, 0.25) is 0 Å². The summed E-state index contributed by atoms with van der Waals surface area (Å²) < 4.78 is 0. The van der Waals surface area contributed by atoms with Crippen LogP contribution in [0.1, 0.15) is 41.3 Å². The highest BCUT2D eigenvalue weighted by Crippen LogP contribution is 2.50. The molecule has 1 spiro atoms. The Balaban J connectivity index is 1.24. The minimum absolute atomic E-state index is 0.0716. The highest BCUT2D eigenvalue weighted by molar-refractivity contribution is 5.91. The molecule has 2 aromatic carbocycles. The molecule has 0 radical (unpaired) electrons. The number of aliphatic hydroxyl groups excluding tert-OH is 1. The summed E-state index contributed by atoms with van der Waals surface area (Å²) in [5.74, 6) is 0.844. The third-order valence-corrected chi connectivity index (χ3v) is 7.58. The van der Waals surface area contributed by atoms with E-state index in [2.05, 4.69) is 39.4 Å². The number of nitrogens with zero attached hydrogens (tertiary/aromatic N) is 4. The number of aliphatic hydroxyl groups is 1. The van der Waals surface area contributed by atoms with E-state index in [1.54, 1.807) is 6.08 Å². The van der Waals surface area contributed by atoms with Gasteiger partial charge in [-0.2, -0.15) is 5.10 Å². The van der Waals surface area contributed by atoms with E-state index in [9.17, 15) is 5.11 Å². The molecule has 1 saturated heterocycles. The lowest BCUT2D eigenvalue weighted by molar-refractivity contribution is 0.187. The van der Waals surface area contributed by atoms with E-state index in [-0.39, 0.29) is 18.1 Å². The monoisotopic (exact) mass is 452 g/mol. The number of piperidine rings is 1. The molecule has 3 heterocycles. The van der Waals surface area contributed by atoms with Gasteiger partial charge >= 0.3 is 0 Å². The number of nitrogens with two attached hydrogens (primary N) is 1. The van der Waals surface area contributed by atoms with Gasteiger partial charge in [-0.05, 0) is 47.4 Å². The van der Waals surface area contributed by atoms with E-state index < -0.39 is 0 Å². The normalized spacial score (nSPS) is 19.6. The first-order valence-corrected chi connectivity index (χ1v) is 11.8. The fourth-order valence-corrected chi connectivity index (χ4v) is 5.69. The lowest BCUT2D eigenvalue weighted by Crippen LogP contribution is -2.44. The number of benzene rings is 2. The van der Waals surface area contributed by atoms with Crippen LogP contribution in [-0.4, -0.2) is 45.0 Å². The molecule has 0 saturated carbocycles. The largest absolute Gasteiger partial charge is 0.392 e. The first kappa shape index (κ1) is 21.0. The van der Waals surface area contributed by atoms with Gasteiger partial charge in [-0.25, -0.2) is 9.97 Å². The fourth-order valence-electron chi connectivity index (χ4n) is 5.69. The summed E-state index contributed by atoms with van der Waals surface area (Å²) in [7, 11) is 0. The van der Waals surface area contributed by atoms with Crippen molar-refractivity contribution >= 4 is 22.6 Å². The summed E-state index contributed by atoms with van der Waals surface area (Å²) in [6.07, 6.45) is 6.73. The zero-order valence-corrected chi connectivity index (χ0v) is 19.0. The Bertz CT molecular complexity index is 1350. The minimum Gasteiger partial charge on any atom is -0.392 e. The lowest BCUT2D eigenvalue weighted by atomic mass is 9.73. The molecule has 0 unspecified atom stereocenters. The van der Waals surface area contributed by atoms with Crippen LogP contribution in [0.4, 0.5) is 5.82 Å². The Morgan fingerprint density at radius 1 is 1.12 bits per heavy atom. The van der Waals surface area contributed by atoms with E-state index in [0.29, 0.717) is 11.2 Å². The van der Waals surface area contributed by atoms with Crippen molar-refractivity contribution in [2.75, 3.05) is 24.6 Å². The number of H-pyrrole nitrogens is 1. The predicted octanol–water partition coefficient (Wildman–Crippen LogP) is 3.62. The molecular weight excluding hydrogens is 424 g/mol. The number of nitrogens with one attached hydrogen (secondary N) is 1. The SMILES string of the molecule is N[C@@H]1c2ccccc2CC12CCN(c1cnc3c(/C(=C/CO)c4ccccc4)[nH]nc3n1)CC2. The maximum atomic E-state index is 9.58. The van der Waals surface area contributed by atoms with Crippen molar-refractivity contribution in [3.63, 3.8) is 0 Å². The number of anilines is 1. The van der Waals surface area contributed by atoms with Crippen molar-refractivity contribution in [3.8, 4) is 0 Å². The number of rotatable bonds is 4. The number of aromatic amines is 1. The van der Waals surface area contributed by atoms with E-state index >= 15 is 0 Å². The van der Waals surface area contributed by atoms with Gasteiger partial charge < -0.3 is 15.7 Å². The summed E-state index contributed by atoms with van der Waals surface area (Å²) in [6.45, 7) is 1.73. The van der Waals surface area contributed by atoms with E-state index in [4.69, 9.17) is 15.7 Å². The number of hydrogen-bond donors (Lipinski definition) is 3. The van der Waals surface area contributed by atoms with Crippen LogP contribution in [-0.2, 0) is 6.42 Å². The average molecular weight is 453 g/mol. The first-order chi connectivity index (χ1) is 16.7. The Morgan fingerprint density at radius 3 is 2.65 bits per heavy atom. The first-order valence-electron chi connectivity index (χ1n) is 11.8. The van der Waals surface area contributed by atoms with Crippen LogP contribution in [0.3, 0.4) is 0 Å². The molecule has 1 atom stereocenters. The molecule has 4 N–H and O–H groups in total. The Labute approximate surface area is 198 Å². The molecule has 7 heteroatoms. The lowest BCUT2D eigenvalue weighted by Gasteiger charge is -2.42. The molecular formula is C27H28N6O. The second-order valence-electron chi connectivity index (χ2n) is 9.37. The van der Waals surface area contributed by atoms with Crippen molar-refractivity contribution in [2.24, 2.45) is 11.1 Å². The van der Waals surface area contributed by atoms with Crippen LogP contribution >= 0.6 is 0 Å². The molecule has 172 valence electrons. The van der Waals surface area contributed by atoms with Gasteiger partial charge in [-0.15, -0.1) is 0 Å². The highest BCUT2D eigenvalue weighted by Gasteiger charge is 2.45. The average Bonchev–Trinajstić information content (AvgIpc) is 3.42. The quantitative estimate of drug-likeness (QED) is 0.437.